The molecule has 2 rings (SSSR count). The first kappa shape index (κ1) is 18.5. The van der Waals surface area contributed by atoms with Crippen LogP contribution >= 0.6 is 0 Å². The highest BCUT2D eigenvalue weighted by Crippen LogP contribution is 2.18. The minimum absolute atomic E-state index is 0.205. The first-order chi connectivity index (χ1) is 12.2. The number of amides is 2. The fraction of sp³-hybridized carbons (Fsp3) is 0.300. The van der Waals surface area contributed by atoms with Crippen molar-refractivity contribution in [3.05, 3.63) is 65.7 Å². The second-order valence-electron chi connectivity index (χ2n) is 5.72. The van der Waals surface area contributed by atoms with E-state index in [1.165, 1.54) is 0 Å². The molecule has 2 N–H and O–H groups in total. The number of para-hydroxylation sites is 1. The van der Waals surface area contributed by atoms with Gasteiger partial charge in [0.1, 0.15) is 5.75 Å². The molecule has 0 aliphatic heterocycles. The molecular formula is C20H24N2O3. The van der Waals surface area contributed by atoms with Gasteiger partial charge in [-0.05, 0) is 24.1 Å². The van der Waals surface area contributed by atoms with Gasteiger partial charge in [0.05, 0.1) is 18.6 Å². The van der Waals surface area contributed by atoms with Crippen molar-refractivity contribution in [3.63, 3.8) is 0 Å². The molecule has 0 saturated heterocycles. The summed E-state index contributed by atoms with van der Waals surface area (Å²) in [5.41, 5.74) is 6.17. The van der Waals surface area contributed by atoms with Gasteiger partial charge in [0, 0.05) is 0 Å². The minimum Gasteiger partial charge on any atom is -0.493 e. The van der Waals surface area contributed by atoms with E-state index in [0.717, 1.165) is 24.8 Å². The fourth-order valence-corrected chi connectivity index (χ4v) is 2.33. The Labute approximate surface area is 148 Å². The molecule has 0 fully saturated rings. The van der Waals surface area contributed by atoms with Gasteiger partial charge in [-0.2, -0.15) is 0 Å². The van der Waals surface area contributed by atoms with Crippen LogP contribution in [0.15, 0.2) is 54.6 Å². The van der Waals surface area contributed by atoms with Gasteiger partial charge in [0.15, 0.2) is 0 Å². The lowest BCUT2D eigenvalue weighted by Crippen LogP contribution is -2.42. The fourth-order valence-electron chi connectivity index (χ4n) is 2.33. The Morgan fingerprint density at radius 3 is 2.40 bits per heavy atom. The van der Waals surface area contributed by atoms with Crippen LogP contribution in [0.5, 0.6) is 5.75 Å². The van der Waals surface area contributed by atoms with Crippen LogP contribution in [-0.2, 0) is 11.2 Å². The van der Waals surface area contributed by atoms with Crippen LogP contribution in [0.4, 0.5) is 0 Å². The molecule has 2 aromatic rings. The molecule has 0 aliphatic rings. The first-order valence-corrected chi connectivity index (χ1v) is 8.55. The third-order valence-electron chi connectivity index (χ3n) is 3.66. The number of ether oxygens (including phenoxy) is 1. The maximum absolute atomic E-state index is 12.3. The van der Waals surface area contributed by atoms with Gasteiger partial charge in [-0.15, -0.1) is 0 Å². The average molecular weight is 340 g/mol. The summed E-state index contributed by atoms with van der Waals surface area (Å²) in [4.78, 5) is 24.2. The van der Waals surface area contributed by atoms with E-state index in [9.17, 15) is 9.59 Å². The maximum Gasteiger partial charge on any atom is 0.273 e. The molecule has 0 aromatic heterocycles. The number of nitrogens with one attached hydrogen (secondary N) is 2. The van der Waals surface area contributed by atoms with E-state index in [0.29, 0.717) is 17.9 Å². The minimum atomic E-state index is -0.396. The lowest BCUT2D eigenvalue weighted by Gasteiger charge is -2.12. The van der Waals surface area contributed by atoms with E-state index in [4.69, 9.17) is 4.74 Å². The standard InChI is InChI=1S/C20H24N2O3/c1-2-3-9-14-25-18-13-8-7-12-17(18)20(24)22-21-19(23)15-16-10-5-4-6-11-16/h4-8,10-13H,2-3,9,14-15H2,1H3,(H,21,23)(H,22,24). The highest BCUT2D eigenvalue weighted by Gasteiger charge is 2.13. The van der Waals surface area contributed by atoms with Crippen LogP contribution < -0.4 is 15.6 Å². The quantitative estimate of drug-likeness (QED) is 0.572. The molecule has 0 unspecified atom stereocenters. The van der Waals surface area contributed by atoms with Crippen LogP contribution in [0.25, 0.3) is 0 Å². The van der Waals surface area contributed by atoms with E-state index in [-0.39, 0.29) is 12.3 Å². The zero-order valence-corrected chi connectivity index (χ0v) is 14.5. The van der Waals surface area contributed by atoms with Crippen molar-refractivity contribution in [3.8, 4) is 5.75 Å². The molecule has 0 heterocycles. The lowest BCUT2D eigenvalue weighted by molar-refractivity contribution is -0.121. The molecule has 5 heteroatoms. The van der Waals surface area contributed by atoms with E-state index in [1.807, 2.05) is 36.4 Å². The van der Waals surface area contributed by atoms with Crippen molar-refractivity contribution < 1.29 is 14.3 Å². The second kappa shape index (κ2) is 10.1. The van der Waals surface area contributed by atoms with Crippen LogP contribution in [0, 0.1) is 0 Å². The summed E-state index contributed by atoms with van der Waals surface area (Å²) in [6.45, 7) is 2.69. The molecule has 0 saturated carbocycles. The highest BCUT2D eigenvalue weighted by atomic mass is 16.5. The van der Waals surface area contributed by atoms with Gasteiger partial charge < -0.3 is 4.74 Å². The number of carbonyl (C=O) groups is 2. The van der Waals surface area contributed by atoms with E-state index < -0.39 is 5.91 Å². The third-order valence-corrected chi connectivity index (χ3v) is 3.66. The van der Waals surface area contributed by atoms with Gasteiger partial charge in [-0.1, -0.05) is 62.2 Å². The Morgan fingerprint density at radius 2 is 1.64 bits per heavy atom. The average Bonchev–Trinajstić information content (AvgIpc) is 2.64. The Hall–Kier alpha value is -2.82. The van der Waals surface area contributed by atoms with E-state index in [1.54, 1.807) is 18.2 Å². The Morgan fingerprint density at radius 1 is 0.920 bits per heavy atom. The predicted octanol–water partition coefficient (Wildman–Crippen LogP) is 3.26. The molecule has 0 bridgehead atoms. The van der Waals surface area contributed by atoms with Gasteiger partial charge in [0.2, 0.25) is 5.91 Å². The second-order valence-corrected chi connectivity index (χ2v) is 5.72. The van der Waals surface area contributed by atoms with Crippen molar-refractivity contribution in [2.24, 2.45) is 0 Å². The summed E-state index contributed by atoms with van der Waals surface area (Å²) in [6.07, 6.45) is 3.35. The lowest BCUT2D eigenvalue weighted by atomic mass is 10.1. The Kier molecular flexibility index (Phi) is 7.50. The summed E-state index contributed by atoms with van der Waals surface area (Å²) in [6, 6.07) is 16.4. The SMILES string of the molecule is CCCCCOc1ccccc1C(=O)NNC(=O)Cc1ccccc1. The zero-order valence-electron chi connectivity index (χ0n) is 14.5. The van der Waals surface area contributed by atoms with Crippen molar-refractivity contribution >= 4 is 11.8 Å². The van der Waals surface area contributed by atoms with Crippen LogP contribution in [0.3, 0.4) is 0 Å². The number of unbranched alkanes of at least 4 members (excludes halogenated alkanes) is 2. The number of rotatable bonds is 8. The smallest absolute Gasteiger partial charge is 0.273 e. The number of hydrogen-bond donors (Lipinski definition) is 2. The first-order valence-electron chi connectivity index (χ1n) is 8.55. The van der Waals surface area contributed by atoms with Gasteiger partial charge >= 0.3 is 0 Å². The topological polar surface area (TPSA) is 67.4 Å². The van der Waals surface area contributed by atoms with Crippen LogP contribution in [0.2, 0.25) is 0 Å². The molecule has 5 nitrogen and oxygen atoms in total. The Bertz CT molecular complexity index is 686. The van der Waals surface area contributed by atoms with E-state index in [2.05, 4.69) is 17.8 Å². The molecular weight excluding hydrogens is 316 g/mol. The Balaban J connectivity index is 1.86. The van der Waals surface area contributed by atoms with Gasteiger partial charge in [-0.3, -0.25) is 20.4 Å². The molecule has 0 spiro atoms. The van der Waals surface area contributed by atoms with Crippen molar-refractivity contribution in [2.75, 3.05) is 6.61 Å². The van der Waals surface area contributed by atoms with Crippen molar-refractivity contribution in [1.29, 1.82) is 0 Å². The molecule has 2 aromatic carbocycles. The molecule has 0 aliphatic carbocycles. The number of benzene rings is 2. The molecule has 2 amide bonds. The van der Waals surface area contributed by atoms with Crippen molar-refractivity contribution in [2.45, 2.75) is 32.6 Å². The molecule has 25 heavy (non-hydrogen) atoms. The maximum atomic E-state index is 12.3. The predicted molar refractivity (Wildman–Crippen MR) is 97.2 cm³/mol. The summed E-state index contributed by atoms with van der Waals surface area (Å²) >= 11 is 0. The summed E-state index contributed by atoms with van der Waals surface area (Å²) in [7, 11) is 0. The number of carbonyl (C=O) groups excluding carboxylic acids is 2. The molecule has 132 valence electrons. The monoisotopic (exact) mass is 340 g/mol. The van der Waals surface area contributed by atoms with Gasteiger partial charge in [-0.25, -0.2) is 0 Å². The molecule has 0 atom stereocenters. The highest BCUT2D eigenvalue weighted by molar-refractivity contribution is 5.97. The molecule has 0 radical (unpaired) electrons. The zero-order chi connectivity index (χ0) is 17.9. The van der Waals surface area contributed by atoms with E-state index >= 15 is 0 Å². The van der Waals surface area contributed by atoms with Gasteiger partial charge in [0.25, 0.3) is 5.91 Å². The largest absolute Gasteiger partial charge is 0.493 e. The summed E-state index contributed by atoms with van der Waals surface area (Å²) < 4.78 is 5.69. The number of hydrogen-bond acceptors (Lipinski definition) is 3. The summed E-state index contributed by atoms with van der Waals surface area (Å²) in [5.74, 6) is -0.151. The third kappa shape index (κ3) is 6.30. The normalized spacial score (nSPS) is 10.1. The summed E-state index contributed by atoms with van der Waals surface area (Å²) in [5, 5.41) is 0. The van der Waals surface area contributed by atoms with Crippen molar-refractivity contribution in [1.82, 2.24) is 10.9 Å². The van der Waals surface area contributed by atoms with Crippen LogP contribution in [-0.4, -0.2) is 18.4 Å². The number of hydrazine groups is 1. The van der Waals surface area contributed by atoms with Crippen LogP contribution in [0.1, 0.15) is 42.1 Å².